The molecule has 0 aromatic rings. The van der Waals surface area contributed by atoms with E-state index in [1.54, 1.807) is 6.08 Å². The zero-order valence-corrected chi connectivity index (χ0v) is 42.2. The second-order valence-corrected chi connectivity index (χ2v) is 19.3. The van der Waals surface area contributed by atoms with Crippen LogP contribution in [-0.4, -0.2) is 34.9 Å². The van der Waals surface area contributed by atoms with Crippen LogP contribution < -0.4 is 5.32 Å². The van der Waals surface area contributed by atoms with Gasteiger partial charge in [-0.2, -0.15) is 0 Å². The standard InChI is InChI=1S/C58H111NO3/c1-3-5-7-9-11-13-15-16-17-18-19-20-21-22-23-24-25-26-27-28-29-30-31-32-33-34-35-36-37-38-39-40-41-42-43-44-46-48-50-52-54-58(62)59-56(55-60)57(61)53-51-49-47-45-14-12-10-8-6-4-2/h6,8,14,45,51,53,56-57,60-61H,3-5,7,9-13,15-44,46-50,52,54-55H2,1-2H3,(H,59,62)/b8-6+,45-14+,53-51+. The molecule has 0 heterocycles. The van der Waals surface area contributed by atoms with Gasteiger partial charge in [0.05, 0.1) is 18.8 Å². The largest absolute Gasteiger partial charge is 0.394 e. The molecule has 0 saturated carbocycles. The van der Waals surface area contributed by atoms with Crippen molar-refractivity contribution in [2.45, 2.75) is 321 Å². The first kappa shape index (κ1) is 60.6. The summed E-state index contributed by atoms with van der Waals surface area (Å²) in [7, 11) is 0. The molecule has 0 fully saturated rings. The zero-order valence-electron chi connectivity index (χ0n) is 42.2. The van der Waals surface area contributed by atoms with Crippen molar-refractivity contribution in [3.63, 3.8) is 0 Å². The highest BCUT2D eigenvalue weighted by molar-refractivity contribution is 5.76. The summed E-state index contributed by atoms with van der Waals surface area (Å²) in [5, 5.41) is 22.9. The van der Waals surface area contributed by atoms with Gasteiger partial charge in [0.1, 0.15) is 0 Å². The Kier molecular flexibility index (Phi) is 52.7. The van der Waals surface area contributed by atoms with Gasteiger partial charge in [-0.05, 0) is 38.5 Å². The molecule has 0 aliphatic rings. The minimum atomic E-state index is -0.866. The topological polar surface area (TPSA) is 69.6 Å². The van der Waals surface area contributed by atoms with Crippen molar-refractivity contribution in [2.24, 2.45) is 0 Å². The van der Waals surface area contributed by atoms with Crippen LogP contribution in [0.1, 0.15) is 309 Å². The van der Waals surface area contributed by atoms with E-state index in [1.807, 2.05) is 6.08 Å². The van der Waals surface area contributed by atoms with E-state index in [0.29, 0.717) is 6.42 Å². The summed E-state index contributed by atoms with van der Waals surface area (Å²) >= 11 is 0. The van der Waals surface area contributed by atoms with Crippen LogP contribution in [0.4, 0.5) is 0 Å². The van der Waals surface area contributed by atoms with Crippen molar-refractivity contribution < 1.29 is 15.0 Å². The molecule has 4 heteroatoms. The van der Waals surface area contributed by atoms with Crippen molar-refractivity contribution >= 4 is 5.91 Å². The van der Waals surface area contributed by atoms with E-state index in [2.05, 4.69) is 43.5 Å². The molecule has 0 aliphatic heterocycles. The maximum Gasteiger partial charge on any atom is 0.220 e. The number of hydrogen-bond acceptors (Lipinski definition) is 3. The average molecular weight is 871 g/mol. The molecule has 0 aromatic carbocycles. The van der Waals surface area contributed by atoms with Crippen LogP contribution >= 0.6 is 0 Å². The fraction of sp³-hybridized carbons (Fsp3) is 0.879. The lowest BCUT2D eigenvalue weighted by Gasteiger charge is -2.19. The number of aliphatic hydroxyl groups excluding tert-OH is 2. The molecule has 4 nitrogen and oxygen atoms in total. The second-order valence-electron chi connectivity index (χ2n) is 19.3. The Morgan fingerprint density at radius 2 is 0.645 bits per heavy atom. The Bertz CT molecular complexity index is 943. The van der Waals surface area contributed by atoms with Gasteiger partial charge in [-0.1, -0.05) is 301 Å². The maximum absolute atomic E-state index is 12.4. The third-order valence-corrected chi connectivity index (χ3v) is 13.1. The number of rotatable bonds is 52. The lowest BCUT2D eigenvalue weighted by Crippen LogP contribution is -2.45. The number of unbranched alkanes of at least 4 members (excludes halogenated alkanes) is 41. The van der Waals surface area contributed by atoms with Gasteiger partial charge in [-0.15, -0.1) is 0 Å². The Hall–Kier alpha value is -1.39. The van der Waals surface area contributed by atoms with Gasteiger partial charge in [0, 0.05) is 6.42 Å². The van der Waals surface area contributed by atoms with Crippen molar-refractivity contribution in [3.05, 3.63) is 36.5 Å². The van der Waals surface area contributed by atoms with Gasteiger partial charge in [-0.3, -0.25) is 4.79 Å². The number of hydrogen-bond donors (Lipinski definition) is 3. The zero-order chi connectivity index (χ0) is 44.9. The molecular weight excluding hydrogens is 759 g/mol. The Morgan fingerprint density at radius 3 is 0.919 bits per heavy atom. The van der Waals surface area contributed by atoms with Crippen LogP contribution in [0, 0.1) is 0 Å². The molecule has 0 rings (SSSR count). The Morgan fingerprint density at radius 1 is 0.387 bits per heavy atom. The lowest BCUT2D eigenvalue weighted by atomic mass is 10.0. The van der Waals surface area contributed by atoms with Crippen molar-refractivity contribution in [2.75, 3.05) is 6.61 Å². The second kappa shape index (κ2) is 53.9. The third kappa shape index (κ3) is 49.6. The smallest absolute Gasteiger partial charge is 0.220 e. The molecule has 2 atom stereocenters. The van der Waals surface area contributed by atoms with Crippen LogP contribution in [0.5, 0.6) is 0 Å². The Balaban J connectivity index is 3.32. The van der Waals surface area contributed by atoms with Crippen LogP contribution in [0.15, 0.2) is 36.5 Å². The fourth-order valence-corrected chi connectivity index (χ4v) is 8.87. The van der Waals surface area contributed by atoms with Gasteiger partial charge in [-0.25, -0.2) is 0 Å². The summed E-state index contributed by atoms with van der Waals surface area (Å²) < 4.78 is 0. The fourth-order valence-electron chi connectivity index (χ4n) is 8.87. The van der Waals surface area contributed by atoms with E-state index in [1.165, 1.54) is 244 Å². The number of nitrogens with one attached hydrogen (secondary N) is 1. The normalized spacial score (nSPS) is 13.0. The number of amides is 1. The molecule has 62 heavy (non-hydrogen) atoms. The Labute approximate surface area is 389 Å². The van der Waals surface area contributed by atoms with Gasteiger partial charge in [0.2, 0.25) is 5.91 Å². The molecule has 366 valence electrons. The molecule has 0 saturated heterocycles. The van der Waals surface area contributed by atoms with E-state index >= 15 is 0 Å². The van der Waals surface area contributed by atoms with Gasteiger partial charge in [0.15, 0.2) is 0 Å². The number of aliphatic hydroxyl groups is 2. The maximum atomic E-state index is 12.4. The van der Waals surface area contributed by atoms with Crippen LogP contribution in [0.3, 0.4) is 0 Å². The molecular formula is C58H111NO3. The predicted octanol–water partition coefficient (Wildman–Crippen LogP) is 18.5. The van der Waals surface area contributed by atoms with Crippen LogP contribution in [0.25, 0.3) is 0 Å². The summed E-state index contributed by atoms with van der Waals surface area (Å²) in [6.07, 6.45) is 73.6. The quantitative estimate of drug-likeness (QED) is 0.0421. The van der Waals surface area contributed by atoms with Crippen molar-refractivity contribution in [3.8, 4) is 0 Å². The molecule has 0 radical (unpaired) electrons. The molecule has 0 spiro atoms. The summed E-state index contributed by atoms with van der Waals surface area (Å²) in [5.74, 6) is -0.0757. The summed E-state index contributed by atoms with van der Waals surface area (Å²) in [6, 6.07) is -0.641. The van der Waals surface area contributed by atoms with Gasteiger partial charge < -0.3 is 15.5 Å². The van der Waals surface area contributed by atoms with Crippen LogP contribution in [0.2, 0.25) is 0 Å². The third-order valence-electron chi connectivity index (χ3n) is 13.1. The number of carbonyl (C=O) groups excluding carboxylic acids is 1. The highest BCUT2D eigenvalue weighted by Gasteiger charge is 2.18. The van der Waals surface area contributed by atoms with Crippen molar-refractivity contribution in [1.29, 1.82) is 0 Å². The first-order chi connectivity index (χ1) is 30.7. The van der Waals surface area contributed by atoms with Crippen LogP contribution in [-0.2, 0) is 4.79 Å². The van der Waals surface area contributed by atoms with Gasteiger partial charge in [0.25, 0.3) is 0 Å². The highest BCUT2D eigenvalue weighted by Crippen LogP contribution is 2.18. The predicted molar refractivity (Wildman–Crippen MR) is 276 cm³/mol. The first-order valence-electron chi connectivity index (χ1n) is 28.2. The number of carbonyl (C=O) groups is 1. The minimum Gasteiger partial charge on any atom is -0.394 e. The summed E-state index contributed by atoms with van der Waals surface area (Å²) in [6.45, 7) is 4.19. The van der Waals surface area contributed by atoms with Crippen molar-refractivity contribution in [1.82, 2.24) is 5.32 Å². The molecule has 1 amide bonds. The molecule has 2 unspecified atom stereocenters. The summed E-state index contributed by atoms with van der Waals surface area (Å²) in [5.41, 5.74) is 0. The van der Waals surface area contributed by atoms with E-state index in [-0.39, 0.29) is 12.5 Å². The van der Waals surface area contributed by atoms with E-state index in [9.17, 15) is 15.0 Å². The molecule has 0 bridgehead atoms. The average Bonchev–Trinajstić information content (AvgIpc) is 3.28. The monoisotopic (exact) mass is 870 g/mol. The molecule has 0 aromatic heterocycles. The van der Waals surface area contributed by atoms with E-state index < -0.39 is 12.1 Å². The highest BCUT2D eigenvalue weighted by atomic mass is 16.3. The van der Waals surface area contributed by atoms with E-state index in [0.717, 1.165) is 44.9 Å². The first-order valence-corrected chi connectivity index (χ1v) is 28.2. The molecule has 3 N–H and O–H groups in total. The number of allylic oxidation sites excluding steroid dienone is 5. The summed E-state index contributed by atoms with van der Waals surface area (Å²) in [4.78, 5) is 12.4. The van der Waals surface area contributed by atoms with E-state index in [4.69, 9.17) is 0 Å². The SMILES string of the molecule is CC/C=C/CC/C=C/CC/C=C/C(O)C(CO)NC(=O)CCCCCCCCCCCCCCCCCCCCCCCCCCCCCCCCCCCCCCCCCC. The lowest BCUT2D eigenvalue weighted by molar-refractivity contribution is -0.123. The molecule has 0 aliphatic carbocycles. The minimum absolute atomic E-state index is 0.0757. The van der Waals surface area contributed by atoms with Gasteiger partial charge >= 0.3 is 0 Å².